The van der Waals surface area contributed by atoms with Crippen LogP contribution < -0.4 is 0 Å². The number of aromatic nitrogens is 1. The van der Waals surface area contributed by atoms with Crippen LogP contribution in [-0.4, -0.2) is 4.98 Å². The molecule has 1 heterocycles. The SMILES string of the molecule is Cc1cnc(Cc2cccc(C(F)(F)F)c2)s1. The molecule has 1 aromatic heterocycles. The largest absolute Gasteiger partial charge is 0.416 e. The molecule has 5 heteroatoms. The van der Waals surface area contributed by atoms with Gasteiger partial charge >= 0.3 is 6.18 Å². The molecule has 0 saturated carbocycles. The van der Waals surface area contributed by atoms with Crippen molar-refractivity contribution in [3.8, 4) is 0 Å². The number of alkyl halides is 3. The molecule has 0 N–H and O–H groups in total. The second-order valence-corrected chi connectivity index (χ2v) is 5.06. The van der Waals surface area contributed by atoms with E-state index in [9.17, 15) is 13.2 Å². The fourth-order valence-electron chi connectivity index (χ4n) is 1.52. The number of hydrogen-bond acceptors (Lipinski definition) is 2. The van der Waals surface area contributed by atoms with Crippen LogP contribution in [0.4, 0.5) is 13.2 Å². The summed E-state index contributed by atoms with van der Waals surface area (Å²) in [6.07, 6.45) is -2.11. The van der Waals surface area contributed by atoms with Gasteiger partial charge in [0.2, 0.25) is 0 Å². The zero-order valence-electron chi connectivity index (χ0n) is 9.08. The van der Waals surface area contributed by atoms with Crippen LogP contribution in [0.5, 0.6) is 0 Å². The summed E-state index contributed by atoms with van der Waals surface area (Å²) in [5.74, 6) is 0. The number of halogens is 3. The highest BCUT2D eigenvalue weighted by Crippen LogP contribution is 2.30. The van der Waals surface area contributed by atoms with Crippen molar-refractivity contribution in [3.05, 3.63) is 51.5 Å². The molecule has 0 spiro atoms. The minimum Gasteiger partial charge on any atom is -0.249 e. The zero-order chi connectivity index (χ0) is 12.5. The number of aryl methyl sites for hydroxylation is 1. The van der Waals surface area contributed by atoms with Crippen LogP contribution >= 0.6 is 11.3 Å². The molecule has 0 aliphatic rings. The molecule has 1 nitrogen and oxygen atoms in total. The molecule has 1 aromatic carbocycles. The maximum absolute atomic E-state index is 12.5. The van der Waals surface area contributed by atoms with Crippen molar-refractivity contribution in [2.24, 2.45) is 0 Å². The topological polar surface area (TPSA) is 12.9 Å². The normalized spacial score (nSPS) is 11.8. The second kappa shape index (κ2) is 4.49. The van der Waals surface area contributed by atoms with Gasteiger partial charge in [0.25, 0.3) is 0 Å². The number of rotatable bonds is 2. The third-order valence-electron chi connectivity index (χ3n) is 2.28. The standard InChI is InChI=1S/C12H10F3NS/c1-8-7-16-11(17-8)6-9-3-2-4-10(5-9)12(13,14)15/h2-5,7H,6H2,1H3. The third kappa shape index (κ3) is 3.06. The summed E-state index contributed by atoms with van der Waals surface area (Å²) in [6, 6.07) is 5.37. The number of thiazole rings is 1. The van der Waals surface area contributed by atoms with Crippen LogP contribution in [-0.2, 0) is 12.6 Å². The maximum atomic E-state index is 12.5. The zero-order valence-corrected chi connectivity index (χ0v) is 9.90. The Kier molecular flexibility index (Phi) is 3.19. The molecule has 0 radical (unpaired) electrons. The molecular weight excluding hydrogens is 247 g/mol. The van der Waals surface area contributed by atoms with Crippen molar-refractivity contribution >= 4 is 11.3 Å². The van der Waals surface area contributed by atoms with Crippen LogP contribution in [0, 0.1) is 6.92 Å². The van der Waals surface area contributed by atoms with E-state index in [0.717, 1.165) is 16.0 Å². The first kappa shape index (κ1) is 12.1. The summed E-state index contributed by atoms with van der Waals surface area (Å²) >= 11 is 1.50. The first-order chi connectivity index (χ1) is 7.95. The summed E-state index contributed by atoms with van der Waals surface area (Å²) in [7, 11) is 0. The predicted molar refractivity (Wildman–Crippen MR) is 61.1 cm³/mol. The van der Waals surface area contributed by atoms with Gasteiger partial charge in [0, 0.05) is 17.5 Å². The smallest absolute Gasteiger partial charge is 0.249 e. The lowest BCUT2D eigenvalue weighted by Crippen LogP contribution is -2.05. The minimum absolute atomic E-state index is 0.447. The van der Waals surface area contributed by atoms with Gasteiger partial charge in [-0.3, -0.25) is 0 Å². The molecule has 0 amide bonds. The van der Waals surface area contributed by atoms with Crippen molar-refractivity contribution in [2.45, 2.75) is 19.5 Å². The first-order valence-corrected chi connectivity index (χ1v) is 5.84. The van der Waals surface area contributed by atoms with Gasteiger partial charge in [-0.15, -0.1) is 11.3 Å². The van der Waals surface area contributed by atoms with E-state index in [-0.39, 0.29) is 0 Å². The van der Waals surface area contributed by atoms with E-state index >= 15 is 0 Å². The molecule has 0 unspecified atom stereocenters. The number of hydrogen-bond donors (Lipinski definition) is 0. The Morgan fingerprint density at radius 2 is 2.06 bits per heavy atom. The summed E-state index contributed by atoms with van der Waals surface area (Å²) in [6.45, 7) is 1.92. The molecular formula is C12H10F3NS. The van der Waals surface area contributed by atoms with Gasteiger partial charge in [0.1, 0.15) is 0 Å². The second-order valence-electron chi connectivity index (χ2n) is 3.74. The Morgan fingerprint density at radius 3 is 2.65 bits per heavy atom. The lowest BCUT2D eigenvalue weighted by Gasteiger charge is -2.07. The number of nitrogens with zero attached hydrogens (tertiary/aromatic N) is 1. The van der Waals surface area contributed by atoms with E-state index in [0.29, 0.717) is 12.0 Å². The van der Waals surface area contributed by atoms with E-state index in [4.69, 9.17) is 0 Å². The van der Waals surface area contributed by atoms with Gasteiger partial charge in [0.15, 0.2) is 0 Å². The summed E-state index contributed by atoms with van der Waals surface area (Å²) < 4.78 is 37.5. The molecule has 0 fully saturated rings. The van der Waals surface area contributed by atoms with Crippen molar-refractivity contribution < 1.29 is 13.2 Å². The Bertz CT molecular complexity index is 516. The highest BCUT2D eigenvalue weighted by Gasteiger charge is 2.30. The summed E-state index contributed by atoms with van der Waals surface area (Å²) in [5, 5.41) is 0.835. The van der Waals surface area contributed by atoms with Crippen LogP contribution in [0.25, 0.3) is 0 Å². The van der Waals surface area contributed by atoms with E-state index in [1.807, 2.05) is 6.92 Å². The lowest BCUT2D eigenvalue weighted by molar-refractivity contribution is -0.137. The van der Waals surface area contributed by atoms with Gasteiger partial charge in [-0.2, -0.15) is 13.2 Å². The van der Waals surface area contributed by atoms with E-state index in [1.165, 1.54) is 23.5 Å². The van der Waals surface area contributed by atoms with Gasteiger partial charge in [-0.05, 0) is 18.6 Å². The monoisotopic (exact) mass is 257 g/mol. The summed E-state index contributed by atoms with van der Waals surface area (Å²) in [5.41, 5.74) is 0.0254. The van der Waals surface area contributed by atoms with Crippen molar-refractivity contribution in [3.63, 3.8) is 0 Å². The summed E-state index contributed by atoms with van der Waals surface area (Å²) in [4.78, 5) is 5.20. The van der Waals surface area contributed by atoms with E-state index < -0.39 is 11.7 Å². The molecule has 2 aromatic rings. The molecule has 0 aliphatic carbocycles. The predicted octanol–water partition coefficient (Wildman–Crippen LogP) is 4.06. The van der Waals surface area contributed by atoms with Crippen molar-refractivity contribution in [2.75, 3.05) is 0 Å². The molecule has 17 heavy (non-hydrogen) atoms. The van der Waals surface area contributed by atoms with Crippen molar-refractivity contribution in [1.29, 1.82) is 0 Å². The third-order valence-corrected chi connectivity index (χ3v) is 3.19. The quantitative estimate of drug-likeness (QED) is 0.790. The van der Waals surface area contributed by atoms with E-state index in [1.54, 1.807) is 12.3 Å². The minimum atomic E-state index is -4.28. The Hall–Kier alpha value is -1.36. The molecule has 0 bridgehead atoms. The van der Waals surface area contributed by atoms with Gasteiger partial charge in [-0.25, -0.2) is 4.98 Å². The van der Waals surface area contributed by atoms with Crippen LogP contribution in [0.2, 0.25) is 0 Å². The molecule has 90 valence electrons. The lowest BCUT2D eigenvalue weighted by atomic mass is 10.1. The van der Waals surface area contributed by atoms with Gasteiger partial charge < -0.3 is 0 Å². The van der Waals surface area contributed by atoms with Gasteiger partial charge in [-0.1, -0.05) is 18.2 Å². The maximum Gasteiger partial charge on any atom is 0.416 e. The highest BCUT2D eigenvalue weighted by atomic mass is 32.1. The van der Waals surface area contributed by atoms with E-state index in [2.05, 4.69) is 4.98 Å². The Balaban J connectivity index is 2.22. The first-order valence-electron chi connectivity index (χ1n) is 5.02. The fourth-order valence-corrected chi connectivity index (χ4v) is 2.34. The average molecular weight is 257 g/mol. The van der Waals surface area contributed by atoms with Crippen LogP contribution in [0.15, 0.2) is 30.5 Å². The average Bonchev–Trinajstić information content (AvgIpc) is 2.63. The Labute approximate surface area is 101 Å². The molecule has 0 atom stereocenters. The Morgan fingerprint density at radius 1 is 1.29 bits per heavy atom. The molecule has 0 aliphatic heterocycles. The fraction of sp³-hybridized carbons (Fsp3) is 0.250. The molecule has 2 rings (SSSR count). The highest BCUT2D eigenvalue weighted by molar-refractivity contribution is 7.11. The molecule has 0 saturated heterocycles. The number of benzene rings is 1. The van der Waals surface area contributed by atoms with Crippen molar-refractivity contribution in [1.82, 2.24) is 4.98 Å². The van der Waals surface area contributed by atoms with Crippen LogP contribution in [0.1, 0.15) is 21.0 Å². The van der Waals surface area contributed by atoms with Crippen LogP contribution in [0.3, 0.4) is 0 Å². The van der Waals surface area contributed by atoms with Gasteiger partial charge in [0.05, 0.1) is 10.6 Å².